The second kappa shape index (κ2) is 9.79. The molecule has 0 saturated heterocycles. The van der Waals surface area contributed by atoms with E-state index in [0.29, 0.717) is 34.2 Å². The van der Waals surface area contributed by atoms with E-state index in [9.17, 15) is 13.6 Å². The molecule has 0 amide bonds. The molecule has 0 aliphatic rings. The maximum absolute atomic E-state index is 13.4. The highest BCUT2D eigenvalue weighted by Crippen LogP contribution is 2.20. The monoisotopic (exact) mass is 465 g/mol. The van der Waals surface area contributed by atoms with Crippen LogP contribution in [0.2, 0.25) is 0 Å². The molecule has 0 unspecified atom stereocenters. The Labute approximate surface area is 194 Å². The van der Waals surface area contributed by atoms with Gasteiger partial charge in [-0.25, -0.2) is 8.78 Å². The first-order valence-corrected chi connectivity index (χ1v) is 10.6. The molecule has 4 rings (SSSR count). The third kappa shape index (κ3) is 5.53. The number of aromatic amines is 1. The molecule has 0 aliphatic heterocycles. The van der Waals surface area contributed by atoms with E-state index in [2.05, 4.69) is 10.3 Å². The number of anilines is 1. The number of H-pyrrole nitrogens is 1. The number of hydrogen-bond acceptors (Lipinski definition) is 3. The van der Waals surface area contributed by atoms with E-state index in [0.717, 1.165) is 10.9 Å². The lowest BCUT2D eigenvalue weighted by molar-refractivity contribution is 0.410. The predicted octanol–water partition coefficient (Wildman–Crippen LogP) is 5.21. The Bertz CT molecular complexity index is 1340. The summed E-state index contributed by atoms with van der Waals surface area (Å²) in [6.07, 6.45) is 0. The Morgan fingerprint density at radius 3 is 2.30 bits per heavy atom. The summed E-state index contributed by atoms with van der Waals surface area (Å²) in [4.78, 5) is 17.5. The maximum Gasteiger partial charge on any atom is 0.253 e. The summed E-state index contributed by atoms with van der Waals surface area (Å²) < 4.78 is 31.9. The Kier molecular flexibility index (Phi) is 6.65. The highest BCUT2D eigenvalue weighted by molar-refractivity contribution is 7.80. The lowest BCUT2D eigenvalue weighted by Gasteiger charge is -2.26. The molecule has 5 nitrogen and oxygen atoms in total. The molecule has 1 aromatic heterocycles. The number of ether oxygens (including phenoxy) is 1. The molecule has 0 saturated carbocycles. The summed E-state index contributed by atoms with van der Waals surface area (Å²) in [6.45, 7) is 0.537. The van der Waals surface area contributed by atoms with Gasteiger partial charge in [-0.05, 0) is 78.4 Å². The van der Waals surface area contributed by atoms with Crippen molar-refractivity contribution in [1.29, 1.82) is 0 Å². The van der Waals surface area contributed by atoms with Crippen LogP contribution in [0.4, 0.5) is 14.5 Å². The Balaban J connectivity index is 1.65. The summed E-state index contributed by atoms with van der Waals surface area (Å²) >= 11 is 5.61. The SMILES string of the molecule is COc1ccc2[nH]c(=O)c(CN(Cc3ccc(F)cc3)C(=S)Nc3ccc(F)cc3)cc2c1. The fourth-order valence-corrected chi connectivity index (χ4v) is 3.67. The van der Waals surface area contributed by atoms with Gasteiger partial charge in [0.05, 0.1) is 13.7 Å². The average Bonchev–Trinajstić information content (AvgIpc) is 2.81. The smallest absolute Gasteiger partial charge is 0.253 e. The van der Waals surface area contributed by atoms with Crippen molar-refractivity contribution < 1.29 is 13.5 Å². The second-order valence-electron chi connectivity index (χ2n) is 7.50. The van der Waals surface area contributed by atoms with E-state index in [4.69, 9.17) is 17.0 Å². The van der Waals surface area contributed by atoms with Crippen molar-refractivity contribution in [3.05, 3.63) is 106 Å². The topological polar surface area (TPSA) is 57.4 Å². The summed E-state index contributed by atoms with van der Waals surface area (Å²) in [5.74, 6) is -0.0119. The van der Waals surface area contributed by atoms with Crippen molar-refractivity contribution in [1.82, 2.24) is 9.88 Å². The fraction of sp³-hybridized carbons (Fsp3) is 0.120. The normalized spacial score (nSPS) is 10.8. The van der Waals surface area contributed by atoms with Gasteiger partial charge in [-0.15, -0.1) is 0 Å². The molecule has 0 bridgehead atoms. The van der Waals surface area contributed by atoms with Gasteiger partial charge in [0.2, 0.25) is 0 Å². The van der Waals surface area contributed by atoms with E-state index in [1.165, 1.54) is 24.3 Å². The van der Waals surface area contributed by atoms with Crippen LogP contribution in [0.15, 0.2) is 77.6 Å². The number of pyridine rings is 1. The number of aromatic nitrogens is 1. The molecule has 33 heavy (non-hydrogen) atoms. The number of methoxy groups -OCH3 is 1. The highest BCUT2D eigenvalue weighted by Gasteiger charge is 2.15. The predicted molar refractivity (Wildman–Crippen MR) is 129 cm³/mol. The summed E-state index contributed by atoms with van der Waals surface area (Å²) in [7, 11) is 1.58. The highest BCUT2D eigenvalue weighted by atomic mass is 32.1. The Morgan fingerprint density at radius 1 is 0.970 bits per heavy atom. The standard InChI is InChI=1S/C25H21F2N3O2S/c1-32-22-10-11-23-17(13-22)12-18(24(31)29-23)15-30(14-16-2-4-19(26)5-3-16)25(33)28-21-8-6-20(27)7-9-21/h2-13H,14-15H2,1H3,(H,28,33)(H,29,31). The molecule has 2 N–H and O–H groups in total. The third-order valence-electron chi connectivity index (χ3n) is 5.16. The molecule has 4 aromatic rings. The second-order valence-corrected chi connectivity index (χ2v) is 7.88. The summed E-state index contributed by atoms with van der Waals surface area (Å²) in [6, 6.07) is 19.1. The van der Waals surface area contributed by atoms with Crippen LogP contribution in [0, 0.1) is 11.6 Å². The van der Waals surface area contributed by atoms with Crippen LogP contribution >= 0.6 is 12.2 Å². The van der Waals surface area contributed by atoms with Crippen LogP contribution in [-0.2, 0) is 13.1 Å². The van der Waals surface area contributed by atoms with Crippen molar-refractivity contribution >= 4 is 33.9 Å². The number of hydrogen-bond donors (Lipinski definition) is 2. The zero-order valence-corrected chi connectivity index (χ0v) is 18.6. The Hall–Kier alpha value is -3.78. The first-order valence-electron chi connectivity index (χ1n) is 10.2. The number of nitrogens with one attached hydrogen (secondary N) is 2. The maximum atomic E-state index is 13.4. The first-order chi connectivity index (χ1) is 15.9. The van der Waals surface area contributed by atoms with E-state index >= 15 is 0 Å². The quantitative estimate of drug-likeness (QED) is 0.383. The van der Waals surface area contributed by atoms with Gasteiger partial charge in [0.25, 0.3) is 5.56 Å². The minimum Gasteiger partial charge on any atom is -0.497 e. The van der Waals surface area contributed by atoms with Crippen molar-refractivity contribution in [2.24, 2.45) is 0 Å². The fourth-order valence-electron chi connectivity index (χ4n) is 3.43. The van der Waals surface area contributed by atoms with Gasteiger partial charge in [0.15, 0.2) is 5.11 Å². The van der Waals surface area contributed by atoms with Crippen LogP contribution in [0.25, 0.3) is 10.9 Å². The number of rotatable bonds is 6. The van der Waals surface area contributed by atoms with Crippen molar-refractivity contribution in [3.63, 3.8) is 0 Å². The number of halogens is 2. The lowest BCUT2D eigenvalue weighted by atomic mass is 10.1. The van der Waals surface area contributed by atoms with Gasteiger partial charge in [-0.2, -0.15) is 0 Å². The van der Waals surface area contributed by atoms with Crippen LogP contribution in [0.5, 0.6) is 5.75 Å². The van der Waals surface area contributed by atoms with Crippen LogP contribution < -0.4 is 15.6 Å². The van der Waals surface area contributed by atoms with Gasteiger partial charge in [0, 0.05) is 28.7 Å². The zero-order valence-electron chi connectivity index (χ0n) is 17.8. The van der Waals surface area contributed by atoms with E-state index in [1.54, 1.807) is 54.5 Å². The first kappa shape index (κ1) is 22.4. The van der Waals surface area contributed by atoms with Crippen molar-refractivity contribution in [2.75, 3.05) is 12.4 Å². The number of fused-ring (bicyclic) bond motifs is 1. The van der Waals surface area contributed by atoms with Crippen molar-refractivity contribution in [2.45, 2.75) is 13.1 Å². The van der Waals surface area contributed by atoms with Crippen LogP contribution in [-0.4, -0.2) is 22.1 Å². The molecule has 0 fully saturated rings. The third-order valence-corrected chi connectivity index (χ3v) is 5.52. The van der Waals surface area contributed by atoms with E-state index in [1.807, 2.05) is 6.07 Å². The largest absolute Gasteiger partial charge is 0.497 e. The van der Waals surface area contributed by atoms with Crippen LogP contribution in [0.3, 0.4) is 0 Å². The minimum atomic E-state index is -0.354. The van der Waals surface area contributed by atoms with E-state index in [-0.39, 0.29) is 23.7 Å². The molecule has 0 aliphatic carbocycles. The number of benzene rings is 3. The van der Waals surface area contributed by atoms with Crippen molar-refractivity contribution in [3.8, 4) is 5.75 Å². The minimum absolute atomic E-state index is 0.201. The molecule has 0 radical (unpaired) electrons. The van der Waals surface area contributed by atoms with E-state index < -0.39 is 0 Å². The van der Waals surface area contributed by atoms with Gasteiger partial charge in [-0.1, -0.05) is 12.1 Å². The lowest BCUT2D eigenvalue weighted by Crippen LogP contribution is -2.35. The molecular weight excluding hydrogens is 444 g/mol. The molecule has 0 spiro atoms. The molecule has 8 heteroatoms. The zero-order chi connectivity index (χ0) is 23.4. The molecule has 1 heterocycles. The average molecular weight is 466 g/mol. The van der Waals surface area contributed by atoms with Gasteiger partial charge >= 0.3 is 0 Å². The Morgan fingerprint density at radius 2 is 1.64 bits per heavy atom. The number of nitrogens with zero attached hydrogens (tertiary/aromatic N) is 1. The van der Waals surface area contributed by atoms with Gasteiger partial charge in [0.1, 0.15) is 17.4 Å². The number of thiocarbonyl (C=S) groups is 1. The summed E-state index contributed by atoms with van der Waals surface area (Å²) in [5.41, 5.74) is 2.39. The molecule has 168 valence electrons. The van der Waals surface area contributed by atoms with Gasteiger partial charge < -0.3 is 19.9 Å². The van der Waals surface area contributed by atoms with Gasteiger partial charge in [-0.3, -0.25) is 4.79 Å². The molecule has 0 atom stereocenters. The van der Waals surface area contributed by atoms with Crippen LogP contribution in [0.1, 0.15) is 11.1 Å². The summed E-state index contributed by atoms with van der Waals surface area (Å²) in [5, 5.41) is 4.25. The molecular formula is C25H21F2N3O2S. The molecule has 3 aromatic carbocycles.